The molecule has 0 unspecified atom stereocenters. The summed E-state index contributed by atoms with van der Waals surface area (Å²) in [4.78, 5) is 76.6. The third-order valence-corrected chi connectivity index (χ3v) is 9.71. The number of carbonyl (C=O) groups excluding carboxylic acids is 6. The Labute approximate surface area is 378 Å². The smallest absolute Gasteiger partial charge is 0.467 e. The van der Waals surface area contributed by atoms with Crippen molar-refractivity contribution < 1.29 is 57.2 Å². The van der Waals surface area contributed by atoms with Gasteiger partial charge in [-0.2, -0.15) is 0 Å². The molecule has 0 spiro atoms. The predicted octanol–water partition coefficient (Wildman–Crippen LogP) is 3.03. The van der Waals surface area contributed by atoms with Crippen molar-refractivity contribution in [3.05, 3.63) is 71.8 Å². The number of amides is 4. The van der Waals surface area contributed by atoms with E-state index in [4.69, 9.17) is 28.4 Å². The van der Waals surface area contributed by atoms with Crippen LogP contribution in [0.1, 0.15) is 75.3 Å². The van der Waals surface area contributed by atoms with Gasteiger partial charge in [0.25, 0.3) is 0 Å². The summed E-state index contributed by atoms with van der Waals surface area (Å²) in [5.41, 5.74) is 1.60. The van der Waals surface area contributed by atoms with Gasteiger partial charge in [0, 0.05) is 25.9 Å². The van der Waals surface area contributed by atoms with Crippen LogP contribution in [0.2, 0.25) is 0 Å². The van der Waals surface area contributed by atoms with Crippen molar-refractivity contribution in [2.75, 3.05) is 79.9 Å². The van der Waals surface area contributed by atoms with E-state index in [0.717, 1.165) is 69.3 Å². The van der Waals surface area contributed by atoms with Gasteiger partial charge in [0.2, 0.25) is 11.8 Å². The molecule has 0 bridgehead atoms. The first-order valence-corrected chi connectivity index (χ1v) is 22.0. The number of ether oxygens (including phenoxy) is 6. The van der Waals surface area contributed by atoms with Gasteiger partial charge in [0.05, 0.1) is 14.2 Å². The Morgan fingerprint density at radius 3 is 1.47 bits per heavy atom. The van der Waals surface area contributed by atoms with Crippen molar-refractivity contribution in [2.45, 2.75) is 89.5 Å². The van der Waals surface area contributed by atoms with Crippen LogP contribution in [0, 0.1) is 0 Å². The summed E-state index contributed by atoms with van der Waals surface area (Å²) in [7, 11) is 4.06. The van der Waals surface area contributed by atoms with Crippen LogP contribution in [-0.4, -0.2) is 146 Å². The van der Waals surface area contributed by atoms with E-state index in [0.29, 0.717) is 46.1 Å². The van der Waals surface area contributed by atoms with Crippen LogP contribution in [0.4, 0.5) is 9.59 Å². The van der Waals surface area contributed by atoms with Crippen LogP contribution >= 0.6 is 0 Å². The van der Waals surface area contributed by atoms with Gasteiger partial charge >= 0.3 is 123 Å². The van der Waals surface area contributed by atoms with E-state index < -0.39 is 36.2 Å². The molecule has 0 aliphatic carbocycles. The maximum absolute atomic E-state index is 12.6. The third kappa shape index (κ3) is 27.5. The molecule has 4 amide bonds. The monoisotopic (exact) mass is 897 g/mol. The van der Waals surface area contributed by atoms with Gasteiger partial charge in [-0.25, -0.2) is 19.2 Å². The normalized spacial score (nSPS) is 11.6. The van der Waals surface area contributed by atoms with Crippen molar-refractivity contribution in [1.82, 2.24) is 31.4 Å². The Balaban J connectivity index is 1.68. The topological polar surface area (TPSA) is 221 Å². The van der Waals surface area contributed by atoms with Crippen LogP contribution in [0.5, 0.6) is 0 Å². The molecule has 2 atom stereocenters. The Bertz CT molecular complexity index is 1520. The number of methoxy groups -OCH3 is 2. The SMILES string of the molecule is C=BNCCOCCOCCN(CCCCCNC(=O)CC[C@H](NC(=O)OCc1ccccc1)C(=O)OC)CCCCCNC(=O)CC[C@H](NC(=O)OCc1ccccc1)C(=O)OC. The number of rotatable bonds is 36. The molecule has 0 aliphatic rings. The summed E-state index contributed by atoms with van der Waals surface area (Å²) in [5.74, 6) is -1.79. The molecule has 2 aromatic carbocycles. The second kappa shape index (κ2) is 35.9. The zero-order chi connectivity index (χ0) is 46.5. The Morgan fingerprint density at radius 2 is 1.03 bits per heavy atom. The first-order valence-electron chi connectivity index (χ1n) is 22.0. The number of hydrogen-bond donors (Lipinski definition) is 5. The summed E-state index contributed by atoms with van der Waals surface area (Å²) in [6.07, 6.45) is 3.75. The summed E-state index contributed by atoms with van der Waals surface area (Å²) >= 11 is 0. The van der Waals surface area contributed by atoms with Crippen LogP contribution in [0.3, 0.4) is 0 Å². The fourth-order valence-corrected chi connectivity index (χ4v) is 6.14. The maximum atomic E-state index is 12.6. The number of esters is 2. The zero-order valence-electron chi connectivity index (χ0n) is 37.6. The Hall–Kier alpha value is -5.53. The standard InChI is InChI=1S/C45H69BN6O12/c1-46-49-26-30-61-32-33-62-31-29-52(27-14-6-12-24-47-40(53)22-20-38(42(55)59-2)50-44(57)63-34-36-16-8-4-9-17-36)28-15-7-13-25-48-41(54)23-21-39(43(56)60-3)51-45(58)64-35-37-18-10-5-11-19-37/h4-5,8-11,16-19,38-39,49H,1,6-7,12-15,20-35H2,2-3H3,(H,47,53)(H,48,54)(H,50,57)(H,51,58)/t38-,39-/m0/s1. The van der Waals surface area contributed by atoms with Gasteiger partial charge < -0.3 is 40.2 Å². The quantitative estimate of drug-likeness (QED) is 0.0288. The molecule has 18 nitrogen and oxygen atoms in total. The van der Waals surface area contributed by atoms with Gasteiger partial charge in [-0.05, 0) is 36.8 Å². The third-order valence-electron chi connectivity index (χ3n) is 9.71. The molecule has 0 heterocycles. The molecule has 0 fully saturated rings. The van der Waals surface area contributed by atoms with Crippen LogP contribution in [0.25, 0.3) is 0 Å². The number of nitrogens with one attached hydrogen (secondary N) is 5. The second-order valence-electron chi connectivity index (χ2n) is 14.7. The molecular formula is C45H69BN6O12. The van der Waals surface area contributed by atoms with Crippen LogP contribution in [-0.2, 0) is 60.8 Å². The van der Waals surface area contributed by atoms with Crippen molar-refractivity contribution >= 4 is 49.5 Å². The van der Waals surface area contributed by atoms with Crippen LogP contribution in [0.15, 0.2) is 60.7 Å². The van der Waals surface area contributed by atoms with E-state index in [1.165, 1.54) is 14.2 Å². The van der Waals surface area contributed by atoms with Gasteiger partial charge in [0.15, 0.2) is 0 Å². The van der Waals surface area contributed by atoms with E-state index in [1.807, 2.05) is 60.7 Å². The van der Waals surface area contributed by atoms with Gasteiger partial charge in [0.1, 0.15) is 25.3 Å². The molecule has 354 valence electrons. The first kappa shape index (κ1) is 54.6. The number of carbonyl (C=O) groups is 6. The second-order valence-corrected chi connectivity index (χ2v) is 14.7. The van der Waals surface area contributed by atoms with Crippen molar-refractivity contribution in [1.29, 1.82) is 0 Å². The molecule has 2 aromatic rings. The zero-order valence-corrected chi connectivity index (χ0v) is 37.6. The number of benzene rings is 2. The molecular weight excluding hydrogens is 827 g/mol. The average Bonchev–Trinajstić information content (AvgIpc) is 3.31. The molecule has 19 heteroatoms. The fourth-order valence-electron chi connectivity index (χ4n) is 6.14. The Kier molecular flexibility index (Phi) is 30.6. The molecule has 0 saturated carbocycles. The summed E-state index contributed by atoms with van der Waals surface area (Å²) in [6.45, 7) is 9.89. The number of nitrogens with zero attached hydrogens (tertiary/aromatic N) is 1. The van der Waals surface area contributed by atoms with Gasteiger partial charge in [-0.1, -0.05) is 73.5 Å². The first-order chi connectivity index (χ1) is 31.1. The summed E-state index contributed by atoms with van der Waals surface area (Å²) in [5, 5.41) is 13.7. The molecule has 0 radical (unpaired) electrons. The fraction of sp³-hybridized carbons (Fsp3) is 0.578. The van der Waals surface area contributed by atoms with Gasteiger partial charge in [-0.3, -0.25) is 9.59 Å². The predicted molar refractivity (Wildman–Crippen MR) is 242 cm³/mol. The average molecular weight is 897 g/mol. The van der Waals surface area contributed by atoms with Crippen molar-refractivity contribution in [2.24, 2.45) is 0 Å². The Morgan fingerprint density at radius 1 is 0.578 bits per heavy atom. The van der Waals surface area contributed by atoms with E-state index in [2.05, 4.69) is 37.9 Å². The van der Waals surface area contributed by atoms with Gasteiger partial charge in [-0.15, -0.1) is 0 Å². The van der Waals surface area contributed by atoms with Crippen molar-refractivity contribution in [3.63, 3.8) is 0 Å². The number of unbranched alkanes of at least 4 members (excludes halogenated alkanes) is 4. The molecule has 0 saturated heterocycles. The van der Waals surface area contributed by atoms with E-state index >= 15 is 0 Å². The summed E-state index contributed by atoms with van der Waals surface area (Å²) < 4.78 is 31.4. The molecule has 2 rings (SSSR count). The number of alkyl carbamates (subject to hydrolysis) is 2. The van der Waals surface area contributed by atoms with E-state index in [9.17, 15) is 28.8 Å². The minimum absolute atomic E-state index is 0.0220. The molecule has 0 aliphatic heterocycles. The van der Waals surface area contributed by atoms with Crippen LogP contribution < -0.4 is 26.5 Å². The summed E-state index contributed by atoms with van der Waals surface area (Å²) in [6, 6.07) is 16.2. The van der Waals surface area contributed by atoms with Crippen molar-refractivity contribution in [3.8, 4) is 0 Å². The number of hydrogen-bond acceptors (Lipinski definition) is 14. The minimum Gasteiger partial charge on any atom is -0.467 e. The molecule has 64 heavy (non-hydrogen) atoms. The molecule has 5 N–H and O–H groups in total. The van der Waals surface area contributed by atoms with E-state index in [1.54, 1.807) is 7.06 Å². The minimum atomic E-state index is -1.02. The molecule has 0 aromatic heterocycles. The van der Waals surface area contributed by atoms with E-state index in [-0.39, 0.29) is 50.7 Å².